The molecule has 0 N–H and O–H groups in total. The number of rotatable bonds is 2. The fourth-order valence-corrected chi connectivity index (χ4v) is 2.58. The fraction of sp³-hybridized carbons (Fsp3) is 0.250. The highest BCUT2D eigenvalue weighted by molar-refractivity contribution is 6.30. The molecule has 0 saturated heterocycles. The minimum atomic E-state index is 0.690. The van der Waals surface area contributed by atoms with Gasteiger partial charge in [-0.25, -0.2) is 0 Å². The van der Waals surface area contributed by atoms with Crippen molar-refractivity contribution in [3.63, 3.8) is 0 Å². The molecular formula is C16H15Cl. The minimum absolute atomic E-state index is 0.690. The number of hydrogen-bond acceptors (Lipinski definition) is 0. The van der Waals surface area contributed by atoms with Crippen molar-refractivity contribution in [1.82, 2.24) is 0 Å². The minimum Gasteiger partial charge on any atom is -0.0843 e. The van der Waals surface area contributed by atoms with E-state index in [1.165, 1.54) is 23.1 Å². The van der Waals surface area contributed by atoms with Gasteiger partial charge in [0.05, 0.1) is 0 Å². The highest BCUT2D eigenvalue weighted by Crippen LogP contribution is 2.54. The molecule has 0 radical (unpaired) electrons. The average molecular weight is 243 g/mol. The monoisotopic (exact) mass is 242 g/mol. The van der Waals surface area contributed by atoms with Crippen LogP contribution >= 0.6 is 11.6 Å². The van der Waals surface area contributed by atoms with Crippen molar-refractivity contribution in [3.8, 4) is 0 Å². The van der Waals surface area contributed by atoms with Crippen molar-refractivity contribution in [3.05, 3.63) is 70.2 Å². The Hall–Kier alpha value is -1.27. The van der Waals surface area contributed by atoms with Crippen LogP contribution in [0.3, 0.4) is 0 Å². The summed E-state index contributed by atoms with van der Waals surface area (Å²) in [5.41, 5.74) is 4.22. The van der Waals surface area contributed by atoms with E-state index in [2.05, 4.69) is 43.3 Å². The first-order valence-corrected chi connectivity index (χ1v) is 6.44. The van der Waals surface area contributed by atoms with Crippen LogP contribution in [0.1, 0.15) is 34.9 Å². The third-order valence-electron chi connectivity index (χ3n) is 3.59. The van der Waals surface area contributed by atoms with Gasteiger partial charge in [0.1, 0.15) is 0 Å². The molecule has 1 aliphatic rings. The lowest BCUT2D eigenvalue weighted by atomic mass is 10.0. The van der Waals surface area contributed by atoms with E-state index in [9.17, 15) is 0 Å². The second-order valence-corrected chi connectivity index (χ2v) is 5.35. The smallest absolute Gasteiger partial charge is 0.0406 e. The molecule has 17 heavy (non-hydrogen) atoms. The molecule has 1 fully saturated rings. The topological polar surface area (TPSA) is 0 Å². The third-order valence-corrected chi connectivity index (χ3v) is 3.85. The molecule has 2 aromatic rings. The van der Waals surface area contributed by atoms with Gasteiger partial charge in [0.2, 0.25) is 0 Å². The van der Waals surface area contributed by atoms with E-state index in [-0.39, 0.29) is 0 Å². The number of hydrogen-bond donors (Lipinski definition) is 0. The molecule has 2 atom stereocenters. The van der Waals surface area contributed by atoms with Gasteiger partial charge in [0.15, 0.2) is 0 Å². The standard InChI is InChI=1S/C16H15Cl/c1-11-2-4-12(5-3-11)15-10-16(15)13-6-8-14(17)9-7-13/h2-9,15-16H,10H2,1H3/t15-,16-/m0/s1. The second-order valence-electron chi connectivity index (χ2n) is 4.91. The fourth-order valence-electron chi connectivity index (χ4n) is 2.46. The zero-order valence-corrected chi connectivity index (χ0v) is 10.6. The van der Waals surface area contributed by atoms with Crippen LogP contribution in [-0.2, 0) is 0 Å². The van der Waals surface area contributed by atoms with Gasteiger partial charge >= 0.3 is 0 Å². The van der Waals surface area contributed by atoms with Crippen LogP contribution in [0.5, 0.6) is 0 Å². The maximum absolute atomic E-state index is 5.91. The Morgan fingerprint density at radius 2 is 1.29 bits per heavy atom. The van der Waals surface area contributed by atoms with Crippen LogP contribution in [0.15, 0.2) is 48.5 Å². The molecule has 0 aliphatic heterocycles. The summed E-state index contributed by atoms with van der Waals surface area (Å²) in [7, 11) is 0. The average Bonchev–Trinajstić information content (AvgIpc) is 3.11. The largest absolute Gasteiger partial charge is 0.0843 e. The maximum atomic E-state index is 5.91. The van der Waals surface area contributed by atoms with Crippen LogP contribution in [0.4, 0.5) is 0 Å². The maximum Gasteiger partial charge on any atom is 0.0406 e. The zero-order chi connectivity index (χ0) is 11.8. The summed E-state index contributed by atoms with van der Waals surface area (Å²) in [5, 5.41) is 0.821. The van der Waals surface area contributed by atoms with Crippen LogP contribution < -0.4 is 0 Å². The predicted molar refractivity (Wildman–Crippen MR) is 72.7 cm³/mol. The van der Waals surface area contributed by atoms with Gasteiger partial charge < -0.3 is 0 Å². The Kier molecular flexibility index (Phi) is 2.68. The highest BCUT2D eigenvalue weighted by atomic mass is 35.5. The molecule has 0 amide bonds. The molecule has 0 unspecified atom stereocenters. The molecule has 0 heterocycles. The summed E-state index contributed by atoms with van der Waals surface area (Å²) in [5.74, 6) is 1.40. The number of aryl methyl sites for hydroxylation is 1. The zero-order valence-electron chi connectivity index (χ0n) is 9.86. The lowest BCUT2D eigenvalue weighted by molar-refractivity contribution is 1.02. The van der Waals surface area contributed by atoms with Crippen LogP contribution in [0, 0.1) is 6.92 Å². The van der Waals surface area contributed by atoms with Gasteiger partial charge in [0, 0.05) is 5.02 Å². The van der Waals surface area contributed by atoms with Gasteiger partial charge in [-0.05, 0) is 48.4 Å². The first kappa shape index (κ1) is 10.9. The second kappa shape index (κ2) is 4.19. The lowest BCUT2D eigenvalue weighted by Crippen LogP contribution is -1.84. The Labute approximate surface area is 107 Å². The van der Waals surface area contributed by atoms with Crippen molar-refractivity contribution in [2.24, 2.45) is 0 Å². The summed E-state index contributed by atoms with van der Waals surface area (Å²) in [6, 6.07) is 17.2. The van der Waals surface area contributed by atoms with Crippen LogP contribution in [0.25, 0.3) is 0 Å². The summed E-state index contributed by atoms with van der Waals surface area (Å²) in [6.07, 6.45) is 1.27. The quantitative estimate of drug-likeness (QED) is 0.701. The van der Waals surface area contributed by atoms with Crippen molar-refractivity contribution in [1.29, 1.82) is 0 Å². The van der Waals surface area contributed by atoms with Gasteiger partial charge in [-0.1, -0.05) is 53.6 Å². The summed E-state index contributed by atoms with van der Waals surface area (Å²) >= 11 is 5.91. The van der Waals surface area contributed by atoms with E-state index in [1.54, 1.807) is 0 Å². The van der Waals surface area contributed by atoms with E-state index < -0.39 is 0 Å². The van der Waals surface area contributed by atoms with Crippen molar-refractivity contribution in [2.45, 2.75) is 25.2 Å². The Morgan fingerprint density at radius 3 is 1.82 bits per heavy atom. The van der Waals surface area contributed by atoms with E-state index in [1.807, 2.05) is 12.1 Å². The molecule has 0 aromatic heterocycles. The summed E-state index contributed by atoms with van der Waals surface area (Å²) < 4.78 is 0. The summed E-state index contributed by atoms with van der Waals surface area (Å²) in [6.45, 7) is 2.13. The third kappa shape index (κ3) is 2.23. The van der Waals surface area contributed by atoms with Crippen molar-refractivity contribution >= 4 is 11.6 Å². The first-order chi connectivity index (χ1) is 8.24. The predicted octanol–water partition coefficient (Wildman–Crippen LogP) is 4.92. The molecule has 3 rings (SSSR count). The van der Waals surface area contributed by atoms with E-state index >= 15 is 0 Å². The van der Waals surface area contributed by atoms with E-state index in [0.717, 1.165) is 5.02 Å². The van der Waals surface area contributed by atoms with Gasteiger partial charge in [-0.2, -0.15) is 0 Å². The molecule has 1 aliphatic carbocycles. The Bertz CT molecular complexity index is 461. The van der Waals surface area contributed by atoms with Crippen molar-refractivity contribution in [2.75, 3.05) is 0 Å². The van der Waals surface area contributed by atoms with Gasteiger partial charge in [-0.15, -0.1) is 0 Å². The Morgan fingerprint density at radius 1 is 0.824 bits per heavy atom. The lowest BCUT2D eigenvalue weighted by Gasteiger charge is -2.02. The Balaban J connectivity index is 1.78. The molecule has 86 valence electrons. The summed E-state index contributed by atoms with van der Waals surface area (Å²) in [4.78, 5) is 0. The normalized spacial score (nSPS) is 22.5. The van der Waals surface area contributed by atoms with Crippen LogP contribution in [-0.4, -0.2) is 0 Å². The molecule has 1 saturated carbocycles. The molecule has 0 spiro atoms. The van der Waals surface area contributed by atoms with Gasteiger partial charge in [0.25, 0.3) is 0 Å². The van der Waals surface area contributed by atoms with Crippen molar-refractivity contribution < 1.29 is 0 Å². The van der Waals surface area contributed by atoms with E-state index in [4.69, 9.17) is 11.6 Å². The number of halogens is 1. The van der Waals surface area contributed by atoms with Crippen LogP contribution in [0.2, 0.25) is 5.02 Å². The SMILES string of the molecule is Cc1ccc([C@@H]2C[C@H]2c2ccc(Cl)cc2)cc1. The van der Waals surface area contributed by atoms with Gasteiger partial charge in [-0.3, -0.25) is 0 Å². The molecular weight excluding hydrogens is 228 g/mol. The molecule has 1 heteroatoms. The molecule has 0 nitrogen and oxygen atoms in total. The highest BCUT2D eigenvalue weighted by Gasteiger charge is 2.39. The first-order valence-electron chi connectivity index (χ1n) is 6.06. The van der Waals surface area contributed by atoms with E-state index in [0.29, 0.717) is 11.8 Å². The molecule has 0 bridgehead atoms. The molecule has 2 aromatic carbocycles. The number of benzene rings is 2.